The van der Waals surface area contributed by atoms with Crippen LogP contribution in [0.4, 0.5) is 0 Å². The minimum atomic E-state index is 0.326. The number of hydrogen-bond acceptors (Lipinski definition) is 3. The first-order valence-electron chi connectivity index (χ1n) is 7.11. The van der Waals surface area contributed by atoms with Gasteiger partial charge in [-0.05, 0) is 50.1 Å². The van der Waals surface area contributed by atoms with E-state index in [1.165, 1.54) is 5.56 Å². The number of nitrogens with one attached hydrogen (secondary N) is 1. The molecule has 0 amide bonds. The molecule has 2 atom stereocenters. The average Bonchev–Trinajstić information content (AvgIpc) is 2.98. The average molecular weight is 273 g/mol. The van der Waals surface area contributed by atoms with Crippen LogP contribution in [0.3, 0.4) is 0 Å². The van der Waals surface area contributed by atoms with Gasteiger partial charge in [0.15, 0.2) is 0 Å². The molecule has 1 aromatic heterocycles. The molecule has 20 heavy (non-hydrogen) atoms. The zero-order valence-corrected chi connectivity index (χ0v) is 12.4. The third kappa shape index (κ3) is 4.14. The SMILES string of the molecule is COc1ccc([C@@H](C)NC(C)CCc2ccco2)cc1. The summed E-state index contributed by atoms with van der Waals surface area (Å²) in [6.07, 6.45) is 3.76. The van der Waals surface area contributed by atoms with E-state index in [4.69, 9.17) is 9.15 Å². The van der Waals surface area contributed by atoms with Gasteiger partial charge in [0.05, 0.1) is 13.4 Å². The van der Waals surface area contributed by atoms with Crippen LogP contribution in [0.5, 0.6) is 5.75 Å². The largest absolute Gasteiger partial charge is 0.497 e. The number of ether oxygens (including phenoxy) is 1. The first kappa shape index (κ1) is 14.7. The maximum atomic E-state index is 5.36. The normalized spacial score (nSPS) is 13.9. The second-order valence-electron chi connectivity index (χ2n) is 5.18. The second-order valence-corrected chi connectivity index (χ2v) is 5.18. The van der Waals surface area contributed by atoms with Gasteiger partial charge < -0.3 is 14.5 Å². The topological polar surface area (TPSA) is 34.4 Å². The van der Waals surface area contributed by atoms with Gasteiger partial charge in [-0.15, -0.1) is 0 Å². The Morgan fingerprint density at radius 1 is 1.15 bits per heavy atom. The number of rotatable bonds is 7. The van der Waals surface area contributed by atoms with Crippen LogP contribution in [-0.2, 0) is 6.42 Å². The van der Waals surface area contributed by atoms with Gasteiger partial charge in [0.25, 0.3) is 0 Å². The van der Waals surface area contributed by atoms with Gasteiger partial charge in [0.2, 0.25) is 0 Å². The maximum absolute atomic E-state index is 5.36. The molecule has 2 rings (SSSR count). The van der Waals surface area contributed by atoms with Gasteiger partial charge in [-0.3, -0.25) is 0 Å². The van der Waals surface area contributed by atoms with Crippen molar-refractivity contribution in [1.82, 2.24) is 5.32 Å². The highest BCUT2D eigenvalue weighted by atomic mass is 16.5. The van der Waals surface area contributed by atoms with E-state index >= 15 is 0 Å². The van der Waals surface area contributed by atoms with Crippen molar-refractivity contribution in [2.75, 3.05) is 7.11 Å². The predicted molar refractivity (Wildman–Crippen MR) is 81.0 cm³/mol. The molecule has 3 nitrogen and oxygen atoms in total. The molecule has 0 saturated heterocycles. The molecule has 0 aliphatic carbocycles. The van der Waals surface area contributed by atoms with Gasteiger partial charge in [-0.25, -0.2) is 0 Å². The molecular formula is C17H23NO2. The van der Waals surface area contributed by atoms with Gasteiger partial charge in [-0.1, -0.05) is 12.1 Å². The van der Waals surface area contributed by atoms with E-state index in [-0.39, 0.29) is 0 Å². The molecule has 0 radical (unpaired) electrons. The highest BCUT2D eigenvalue weighted by Crippen LogP contribution is 2.18. The quantitative estimate of drug-likeness (QED) is 0.829. The molecule has 2 aromatic rings. The highest BCUT2D eigenvalue weighted by Gasteiger charge is 2.10. The molecule has 1 aromatic carbocycles. The molecular weight excluding hydrogens is 250 g/mol. The van der Waals surface area contributed by atoms with Crippen molar-refractivity contribution in [2.45, 2.75) is 38.8 Å². The third-order valence-corrected chi connectivity index (χ3v) is 3.55. The van der Waals surface area contributed by atoms with Crippen molar-refractivity contribution < 1.29 is 9.15 Å². The Labute approximate surface area is 121 Å². The van der Waals surface area contributed by atoms with Crippen LogP contribution in [0.25, 0.3) is 0 Å². The van der Waals surface area contributed by atoms with Gasteiger partial charge in [0.1, 0.15) is 11.5 Å². The summed E-state index contributed by atoms with van der Waals surface area (Å²) in [5, 5.41) is 3.61. The minimum absolute atomic E-state index is 0.326. The number of aryl methyl sites for hydroxylation is 1. The lowest BCUT2D eigenvalue weighted by atomic mass is 10.1. The molecule has 3 heteroatoms. The number of furan rings is 1. The maximum Gasteiger partial charge on any atom is 0.118 e. The summed E-state index contributed by atoms with van der Waals surface area (Å²) < 4.78 is 10.5. The Balaban J connectivity index is 1.81. The fraction of sp³-hybridized carbons (Fsp3) is 0.412. The van der Waals surface area contributed by atoms with Crippen LogP contribution in [-0.4, -0.2) is 13.2 Å². The third-order valence-electron chi connectivity index (χ3n) is 3.55. The van der Waals surface area contributed by atoms with Crippen LogP contribution in [0.15, 0.2) is 47.1 Å². The van der Waals surface area contributed by atoms with E-state index in [1.807, 2.05) is 24.3 Å². The Hall–Kier alpha value is -1.74. The van der Waals surface area contributed by atoms with Crippen molar-refractivity contribution >= 4 is 0 Å². The Kier molecular flexibility index (Phi) is 5.24. The van der Waals surface area contributed by atoms with E-state index in [0.717, 1.165) is 24.4 Å². The predicted octanol–water partition coefficient (Wildman–Crippen LogP) is 3.96. The van der Waals surface area contributed by atoms with E-state index in [0.29, 0.717) is 12.1 Å². The number of hydrogen-bond donors (Lipinski definition) is 1. The lowest BCUT2D eigenvalue weighted by Crippen LogP contribution is -2.29. The number of methoxy groups -OCH3 is 1. The van der Waals surface area contributed by atoms with Crippen molar-refractivity contribution in [3.8, 4) is 5.75 Å². The van der Waals surface area contributed by atoms with Gasteiger partial charge in [-0.2, -0.15) is 0 Å². The molecule has 0 bridgehead atoms. The smallest absolute Gasteiger partial charge is 0.118 e. The lowest BCUT2D eigenvalue weighted by Gasteiger charge is -2.20. The molecule has 0 saturated carbocycles. The van der Waals surface area contributed by atoms with Crippen LogP contribution in [0, 0.1) is 0 Å². The fourth-order valence-corrected chi connectivity index (χ4v) is 2.31. The fourth-order valence-electron chi connectivity index (χ4n) is 2.31. The molecule has 0 aliphatic heterocycles. The van der Waals surface area contributed by atoms with E-state index in [9.17, 15) is 0 Å². The summed E-state index contributed by atoms with van der Waals surface area (Å²) in [6, 6.07) is 12.9. The minimum Gasteiger partial charge on any atom is -0.497 e. The summed E-state index contributed by atoms with van der Waals surface area (Å²) in [5.74, 6) is 1.95. The Morgan fingerprint density at radius 3 is 2.50 bits per heavy atom. The first-order chi connectivity index (χ1) is 9.69. The summed E-state index contributed by atoms with van der Waals surface area (Å²) in [4.78, 5) is 0. The van der Waals surface area contributed by atoms with Crippen molar-refractivity contribution in [3.05, 3.63) is 54.0 Å². The van der Waals surface area contributed by atoms with Crippen molar-refractivity contribution in [3.63, 3.8) is 0 Å². The van der Waals surface area contributed by atoms with Crippen LogP contribution < -0.4 is 10.1 Å². The molecule has 0 fully saturated rings. The first-order valence-corrected chi connectivity index (χ1v) is 7.11. The van der Waals surface area contributed by atoms with Crippen LogP contribution >= 0.6 is 0 Å². The van der Waals surface area contributed by atoms with Crippen LogP contribution in [0.2, 0.25) is 0 Å². The highest BCUT2D eigenvalue weighted by molar-refractivity contribution is 5.28. The summed E-state index contributed by atoms with van der Waals surface area (Å²) in [6.45, 7) is 4.40. The molecule has 1 N–H and O–H groups in total. The zero-order chi connectivity index (χ0) is 14.4. The summed E-state index contributed by atoms with van der Waals surface area (Å²) in [5.41, 5.74) is 1.27. The van der Waals surface area contributed by atoms with Gasteiger partial charge in [0, 0.05) is 18.5 Å². The zero-order valence-electron chi connectivity index (χ0n) is 12.4. The number of benzene rings is 1. The molecule has 0 aliphatic rings. The Bertz CT molecular complexity index is 490. The second kappa shape index (κ2) is 7.15. The molecule has 1 unspecified atom stereocenters. The van der Waals surface area contributed by atoms with Crippen molar-refractivity contribution in [1.29, 1.82) is 0 Å². The molecule has 108 valence electrons. The summed E-state index contributed by atoms with van der Waals surface area (Å²) in [7, 11) is 1.69. The van der Waals surface area contributed by atoms with Gasteiger partial charge >= 0.3 is 0 Å². The molecule has 1 heterocycles. The van der Waals surface area contributed by atoms with E-state index in [1.54, 1.807) is 13.4 Å². The summed E-state index contributed by atoms with van der Waals surface area (Å²) >= 11 is 0. The van der Waals surface area contributed by atoms with E-state index < -0.39 is 0 Å². The monoisotopic (exact) mass is 273 g/mol. The van der Waals surface area contributed by atoms with Crippen molar-refractivity contribution in [2.24, 2.45) is 0 Å². The Morgan fingerprint density at radius 2 is 1.90 bits per heavy atom. The van der Waals surface area contributed by atoms with E-state index in [2.05, 4.69) is 31.3 Å². The van der Waals surface area contributed by atoms with Crippen LogP contribution in [0.1, 0.15) is 37.6 Å². The molecule has 0 spiro atoms. The standard InChI is InChI=1S/C17H23NO2/c1-13(6-9-17-5-4-12-20-17)18-14(2)15-7-10-16(19-3)11-8-15/h4-5,7-8,10-14,18H,6,9H2,1-3H3/t13?,14-/m1/s1. The lowest BCUT2D eigenvalue weighted by molar-refractivity contribution is 0.413.